The summed E-state index contributed by atoms with van der Waals surface area (Å²) in [5.41, 5.74) is 0. The SMILES string of the molecule is CCNC(C)c1nnnn1CC(CC)(CC)SC. The van der Waals surface area contributed by atoms with Gasteiger partial charge in [-0.2, -0.15) is 11.8 Å². The summed E-state index contributed by atoms with van der Waals surface area (Å²) in [6.07, 6.45) is 4.42. The predicted molar refractivity (Wildman–Crippen MR) is 76.7 cm³/mol. The molecule has 1 aromatic heterocycles. The Morgan fingerprint density at radius 3 is 2.50 bits per heavy atom. The lowest BCUT2D eigenvalue weighted by Gasteiger charge is -2.29. The minimum Gasteiger partial charge on any atom is -0.308 e. The maximum absolute atomic E-state index is 4.15. The second-order valence-corrected chi connectivity index (χ2v) is 5.84. The third-order valence-electron chi connectivity index (χ3n) is 3.62. The van der Waals surface area contributed by atoms with E-state index in [4.69, 9.17) is 0 Å². The summed E-state index contributed by atoms with van der Waals surface area (Å²) < 4.78 is 2.19. The number of nitrogens with zero attached hydrogens (tertiary/aromatic N) is 4. The van der Waals surface area contributed by atoms with Crippen molar-refractivity contribution in [1.29, 1.82) is 0 Å². The van der Waals surface area contributed by atoms with Crippen molar-refractivity contribution in [3.63, 3.8) is 0 Å². The number of tetrazole rings is 1. The lowest BCUT2D eigenvalue weighted by molar-refractivity contribution is 0.406. The molecule has 1 rings (SSSR count). The Kier molecular flexibility index (Phi) is 6.08. The van der Waals surface area contributed by atoms with Crippen molar-refractivity contribution < 1.29 is 0 Å². The zero-order valence-electron chi connectivity index (χ0n) is 12.1. The summed E-state index contributed by atoms with van der Waals surface area (Å²) in [7, 11) is 0. The standard InChI is InChI=1S/C12H25N5S/c1-6-12(7-2,18-5)9-17-11(14-15-16-17)10(4)13-8-3/h10,13H,6-9H2,1-5H3. The van der Waals surface area contributed by atoms with Crippen LogP contribution in [0.2, 0.25) is 0 Å². The van der Waals surface area contributed by atoms with E-state index in [-0.39, 0.29) is 10.8 Å². The first-order valence-electron chi connectivity index (χ1n) is 6.67. The fraction of sp³-hybridized carbons (Fsp3) is 0.917. The van der Waals surface area contributed by atoms with Gasteiger partial charge in [-0.15, -0.1) is 5.10 Å². The van der Waals surface area contributed by atoms with Crippen molar-refractivity contribution in [2.45, 2.75) is 57.9 Å². The van der Waals surface area contributed by atoms with Crippen molar-refractivity contribution in [2.24, 2.45) is 0 Å². The van der Waals surface area contributed by atoms with E-state index in [2.05, 4.69) is 54.8 Å². The van der Waals surface area contributed by atoms with Gasteiger partial charge in [-0.1, -0.05) is 20.8 Å². The smallest absolute Gasteiger partial charge is 0.167 e. The van der Waals surface area contributed by atoms with Gasteiger partial charge in [-0.05, 0) is 43.0 Å². The van der Waals surface area contributed by atoms with E-state index < -0.39 is 0 Å². The molecular weight excluding hydrogens is 246 g/mol. The molecule has 0 aliphatic rings. The van der Waals surface area contributed by atoms with Crippen LogP contribution in [-0.2, 0) is 6.54 Å². The maximum Gasteiger partial charge on any atom is 0.167 e. The summed E-state index contributed by atoms with van der Waals surface area (Å²) in [6.45, 7) is 10.5. The fourth-order valence-corrected chi connectivity index (χ4v) is 2.96. The second-order valence-electron chi connectivity index (χ2n) is 4.57. The van der Waals surface area contributed by atoms with Crippen LogP contribution in [0.25, 0.3) is 0 Å². The minimum atomic E-state index is 0.193. The Morgan fingerprint density at radius 1 is 1.33 bits per heavy atom. The van der Waals surface area contributed by atoms with Gasteiger partial charge in [-0.25, -0.2) is 4.68 Å². The molecule has 5 nitrogen and oxygen atoms in total. The highest BCUT2D eigenvalue weighted by Gasteiger charge is 2.28. The molecule has 18 heavy (non-hydrogen) atoms. The van der Waals surface area contributed by atoms with Gasteiger partial charge in [-0.3, -0.25) is 0 Å². The Bertz CT molecular complexity index is 340. The number of thioether (sulfide) groups is 1. The van der Waals surface area contributed by atoms with Gasteiger partial charge in [0.1, 0.15) is 0 Å². The number of aromatic nitrogens is 4. The summed E-state index contributed by atoms with van der Waals surface area (Å²) >= 11 is 1.91. The van der Waals surface area contributed by atoms with E-state index in [1.807, 2.05) is 16.4 Å². The molecule has 0 saturated carbocycles. The molecule has 0 saturated heterocycles. The molecule has 6 heteroatoms. The highest BCUT2D eigenvalue weighted by Crippen LogP contribution is 2.32. The summed E-state index contributed by atoms with van der Waals surface area (Å²) in [4.78, 5) is 0. The second kappa shape index (κ2) is 7.09. The lowest BCUT2D eigenvalue weighted by atomic mass is 10.0. The molecule has 0 bridgehead atoms. The topological polar surface area (TPSA) is 55.6 Å². The maximum atomic E-state index is 4.15. The molecule has 1 atom stereocenters. The molecule has 0 aromatic carbocycles. The van der Waals surface area contributed by atoms with E-state index >= 15 is 0 Å². The molecule has 1 unspecified atom stereocenters. The molecule has 0 fully saturated rings. The van der Waals surface area contributed by atoms with Crippen LogP contribution in [0.5, 0.6) is 0 Å². The molecule has 0 aliphatic carbocycles. The van der Waals surface area contributed by atoms with Gasteiger partial charge in [0.05, 0.1) is 12.6 Å². The van der Waals surface area contributed by atoms with E-state index in [1.165, 1.54) is 0 Å². The van der Waals surface area contributed by atoms with Gasteiger partial charge in [0, 0.05) is 4.75 Å². The first-order chi connectivity index (χ1) is 8.62. The predicted octanol–water partition coefficient (Wildman–Crippen LogP) is 2.27. The van der Waals surface area contributed by atoms with Gasteiger partial charge in [0.25, 0.3) is 0 Å². The molecule has 1 N–H and O–H groups in total. The van der Waals surface area contributed by atoms with Gasteiger partial charge in [0.15, 0.2) is 5.82 Å². The van der Waals surface area contributed by atoms with Crippen molar-refractivity contribution in [3.8, 4) is 0 Å². The van der Waals surface area contributed by atoms with Crippen LogP contribution in [0, 0.1) is 0 Å². The first-order valence-corrected chi connectivity index (χ1v) is 7.89. The highest BCUT2D eigenvalue weighted by atomic mass is 32.2. The van der Waals surface area contributed by atoms with Gasteiger partial charge in [0.2, 0.25) is 0 Å². The molecule has 0 radical (unpaired) electrons. The Labute approximate surface area is 114 Å². The van der Waals surface area contributed by atoms with Crippen molar-refractivity contribution >= 4 is 11.8 Å². The monoisotopic (exact) mass is 271 g/mol. The molecular formula is C12H25N5S. The summed E-state index contributed by atoms with van der Waals surface area (Å²) in [5, 5.41) is 15.5. The largest absolute Gasteiger partial charge is 0.308 e. The molecule has 1 aromatic rings. The van der Waals surface area contributed by atoms with Crippen LogP contribution in [0.3, 0.4) is 0 Å². The highest BCUT2D eigenvalue weighted by molar-refractivity contribution is 8.00. The number of rotatable bonds is 8. The third-order valence-corrected chi connectivity index (χ3v) is 5.19. The number of hydrogen-bond acceptors (Lipinski definition) is 5. The van der Waals surface area contributed by atoms with Crippen LogP contribution >= 0.6 is 11.8 Å². The Morgan fingerprint density at radius 2 is 2.00 bits per heavy atom. The lowest BCUT2D eigenvalue weighted by Crippen LogP contribution is -2.32. The van der Waals surface area contributed by atoms with Crippen molar-refractivity contribution in [1.82, 2.24) is 25.5 Å². The van der Waals surface area contributed by atoms with E-state index in [1.54, 1.807) is 0 Å². The normalized spacial score (nSPS) is 13.8. The average Bonchev–Trinajstić information content (AvgIpc) is 2.84. The van der Waals surface area contributed by atoms with Crippen LogP contribution in [0.4, 0.5) is 0 Å². The Balaban J connectivity index is 2.87. The minimum absolute atomic E-state index is 0.193. The summed E-state index contributed by atoms with van der Waals surface area (Å²) in [6, 6.07) is 0.193. The Hall–Kier alpha value is -0.620. The van der Waals surface area contributed by atoms with Crippen LogP contribution in [0.15, 0.2) is 0 Å². The van der Waals surface area contributed by atoms with Gasteiger partial charge >= 0.3 is 0 Å². The number of nitrogens with one attached hydrogen (secondary N) is 1. The van der Waals surface area contributed by atoms with Gasteiger partial charge < -0.3 is 5.32 Å². The summed E-state index contributed by atoms with van der Waals surface area (Å²) in [5.74, 6) is 0.928. The van der Waals surface area contributed by atoms with Crippen LogP contribution in [0.1, 0.15) is 52.4 Å². The van der Waals surface area contributed by atoms with E-state index in [0.29, 0.717) is 0 Å². The first kappa shape index (κ1) is 15.4. The van der Waals surface area contributed by atoms with E-state index in [0.717, 1.165) is 31.8 Å². The zero-order valence-corrected chi connectivity index (χ0v) is 12.9. The molecule has 1 heterocycles. The van der Waals surface area contributed by atoms with Crippen LogP contribution < -0.4 is 5.32 Å². The molecule has 104 valence electrons. The third kappa shape index (κ3) is 3.45. The zero-order chi connectivity index (χ0) is 13.6. The fourth-order valence-electron chi connectivity index (χ4n) is 2.13. The van der Waals surface area contributed by atoms with Crippen molar-refractivity contribution in [3.05, 3.63) is 5.82 Å². The molecule has 0 spiro atoms. The number of hydrogen-bond donors (Lipinski definition) is 1. The molecule has 0 amide bonds. The molecule has 0 aliphatic heterocycles. The average molecular weight is 271 g/mol. The quantitative estimate of drug-likeness (QED) is 0.786. The van der Waals surface area contributed by atoms with Crippen LogP contribution in [-0.4, -0.2) is 37.8 Å². The van der Waals surface area contributed by atoms with Crippen molar-refractivity contribution in [2.75, 3.05) is 12.8 Å². The van der Waals surface area contributed by atoms with E-state index in [9.17, 15) is 0 Å².